The van der Waals surface area contributed by atoms with E-state index in [1.165, 1.54) is 16.2 Å². The van der Waals surface area contributed by atoms with Gasteiger partial charge in [0.15, 0.2) is 0 Å². The van der Waals surface area contributed by atoms with Crippen molar-refractivity contribution >= 4 is 23.4 Å². The van der Waals surface area contributed by atoms with E-state index >= 15 is 0 Å². The van der Waals surface area contributed by atoms with Crippen molar-refractivity contribution in [1.82, 2.24) is 9.88 Å². The van der Waals surface area contributed by atoms with Gasteiger partial charge in [-0.05, 0) is 27.2 Å². The Morgan fingerprint density at radius 3 is 2.70 bits per heavy atom. The number of amides is 1. The average Bonchev–Trinajstić information content (AvgIpc) is 2.95. The van der Waals surface area contributed by atoms with Crippen LogP contribution in [-0.4, -0.2) is 45.2 Å². The van der Waals surface area contributed by atoms with Crippen LogP contribution in [0.4, 0.5) is 4.79 Å². The Kier molecular flexibility index (Phi) is 3.99. The number of aliphatic carboxylic acids is 1. The molecular formula is C13H18N2O4S. The van der Waals surface area contributed by atoms with Crippen molar-refractivity contribution in [2.45, 2.75) is 44.8 Å². The van der Waals surface area contributed by atoms with E-state index in [1.807, 2.05) is 5.38 Å². The third-order valence-corrected chi connectivity index (χ3v) is 3.95. The number of nitrogens with zero attached hydrogens (tertiary/aromatic N) is 2. The first kappa shape index (κ1) is 14.8. The fraction of sp³-hybridized carbons (Fsp3) is 0.615. The van der Waals surface area contributed by atoms with E-state index in [0.29, 0.717) is 13.0 Å². The lowest BCUT2D eigenvalue weighted by atomic mass is 10.1. The summed E-state index contributed by atoms with van der Waals surface area (Å²) < 4.78 is 5.27. The highest BCUT2D eigenvalue weighted by molar-refractivity contribution is 7.09. The first-order valence-corrected chi connectivity index (χ1v) is 7.27. The third kappa shape index (κ3) is 3.27. The highest BCUT2D eigenvalue weighted by Crippen LogP contribution is 2.33. The third-order valence-electron chi connectivity index (χ3n) is 3.01. The van der Waals surface area contributed by atoms with Crippen LogP contribution in [0.25, 0.3) is 0 Å². The number of likely N-dealkylation sites (tertiary alicyclic amines) is 1. The van der Waals surface area contributed by atoms with E-state index in [-0.39, 0.29) is 5.92 Å². The monoisotopic (exact) mass is 298 g/mol. The van der Waals surface area contributed by atoms with Crippen LogP contribution in [0, 0.1) is 0 Å². The molecule has 6 nitrogen and oxygen atoms in total. The molecule has 1 saturated heterocycles. The normalized spacial score (nSPS) is 22.9. The number of aromatic nitrogens is 1. The fourth-order valence-electron chi connectivity index (χ4n) is 2.21. The van der Waals surface area contributed by atoms with Crippen LogP contribution in [0.15, 0.2) is 11.6 Å². The largest absolute Gasteiger partial charge is 0.480 e. The lowest BCUT2D eigenvalue weighted by molar-refractivity contribution is -0.142. The number of rotatable bonds is 2. The molecule has 0 aromatic carbocycles. The van der Waals surface area contributed by atoms with E-state index < -0.39 is 23.7 Å². The van der Waals surface area contributed by atoms with Gasteiger partial charge in [-0.3, -0.25) is 4.90 Å². The van der Waals surface area contributed by atoms with Gasteiger partial charge in [-0.1, -0.05) is 0 Å². The van der Waals surface area contributed by atoms with E-state index in [0.717, 1.165) is 5.01 Å². The van der Waals surface area contributed by atoms with Crippen molar-refractivity contribution in [3.05, 3.63) is 16.6 Å². The Labute approximate surface area is 121 Å². The summed E-state index contributed by atoms with van der Waals surface area (Å²) >= 11 is 1.48. The Morgan fingerprint density at radius 2 is 2.20 bits per heavy atom. The second kappa shape index (κ2) is 5.40. The minimum atomic E-state index is -1.00. The van der Waals surface area contributed by atoms with Crippen LogP contribution in [-0.2, 0) is 9.53 Å². The van der Waals surface area contributed by atoms with Crippen LogP contribution in [0.2, 0.25) is 0 Å². The van der Waals surface area contributed by atoms with E-state index in [2.05, 4.69) is 4.98 Å². The molecule has 1 amide bonds. The Balaban J connectivity index is 2.14. The lowest BCUT2D eigenvalue weighted by Gasteiger charge is -2.26. The summed E-state index contributed by atoms with van der Waals surface area (Å²) in [4.78, 5) is 28.9. The lowest BCUT2D eigenvalue weighted by Crippen LogP contribution is -2.43. The topological polar surface area (TPSA) is 79.7 Å². The number of carboxylic acids is 1. The molecule has 2 rings (SSSR count). The molecule has 1 aromatic heterocycles. The van der Waals surface area contributed by atoms with Gasteiger partial charge in [0.1, 0.15) is 11.6 Å². The predicted molar refractivity (Wildman–Crippen MR) is 73.8 cm³/mol. The second-order valence-corrected chi connectivity index (χ2v) is 6.72. The number of ether oxygens (including phenoxy) is 1. The number of carbonyl (C=O) groups is 2. The molecule has 1 aliphatic rings. The smallest absolute Gasteiger partial charge is 0.411 e. The molecule has 0 unspecified atom stereocenters. The Morgan fingerprint density at radius 1 is 1.50 bits per heavy atom. The average molecular weight is 298 g/mol. The van der Waals surface area contributed by atoms with Gasteiger partial charge in [-0.2, -0.15) is 0 Å². The quantitative estimate of drug-likeness (QED) is 0.906. The molecule has 110 valence electrons. The SMILES string of the molecule is CC(C)(C)OC(=O)N1C[C@@H](c2nccs2)C[C@H]1C(=O)O. The highest BCUT2D eigenvalue weighted by Gasteiger charge is 2.42. The summed E-state index contributed by atoms with van der Waals surface area (Å²) in [6, 6.07) is -0.848. The van der Waals surface area contributed by atoms with Gasteiger partial charge in [0, 0.05) is 24.0 Å². The Hall–Kier alpha value is -1.63. The van der Waals surface area contributed by atoms with Gasteiger partial charge in [-0.15, -0.1) is 11.3 Å². The summed E-state index contributed by atoms with van der Waals surface area (Å²) in [5.41, 5.74) is -0.639. The zero-order valence-corrected chi connectivity index (χ0v) is 12.5. The Bertz CT molecular complexity index is 495. The van der Waals surface area contributed by atoms with E-state index in [9.17, 15) is 14.7 Å². The van der Waals surface area contributed by atoms with Gasteiger partial charge in [-0.25, -0.2) is 14.6 Å². The molecular weight excluding hydrogens is 280 g/mol. The molecule has 1 N–H and O–H groups in total. The summed E-state index contributed by atoms with van der Waals surface area (Å²) in [6.45, 7) is 5.61. The number of hydrogen-bond acceptors (Lipinski definition) is 5. The van der Waals surface area contributed by atoms with E-state index in [4.69, 9.17) is 4.74 Å². The van der Waals surface area contributed by atoms with Gasteiger partial charge in [0.05, 0.1) is 5.01 Å². The number of thiazole rings is 1. The number of hydrogen-bond donors (Lipinski definition) is 1. The molecule has 2 atom stereocenters. The summed E-state index contributed by atoms with van der Waals surface area (Å²) in [7, 11) is 0. The number of carbonyl (C=O) groups excluding carboxylic acids is 1. The molecule has 7 heteroatoms. The number of carboxylic acid groups (broad SMARTS) is 1. The minimum absolute atomic E-state index is 0.0383. The van der Waals surface area contributed by atoms with Gasteiger partial charge < -0.3 is 9.84 Å². The van der Waals surface area contributed by atoms with Crippen molar-refractivity contribution in [2.75, 3.05) is 6.54 Å². The molecule has 2 heterocycles. The van der Waals surface area contributed by atoms with Crippen LogP contribution in [0.1, 0.15) is 38.1 Å². The molecule has 1 aliphatic heterocycles. The first-order chi connectivity index (χ1) is 9.28. The molecule has 1 fully saturated rings. The van der Waals surface area contributed by atoms with Gasteiger partial charge in [0.2, 0.25) is 0 Å². The summed E-state index contributed by atoms with van der Waals surface area (Å²) in [6.07, 6.45) is 1.48. The maximum absolute atomic E-state index is 12.1. The van der Waals surface area contributed by atoms with Crippen molar-refractivity contribution < 1.29 is 19.4 Å². The second-order valence-electron chi connectivity index (χ2n) is 5.79. The molecule has 0 saturated carbocycles. The van der Waals surface area contributed by atoms with Crippen molar-refractivity contribution in [1.29, 1.82) is 0 Å². The van der Waals surface area contributed by atoms with Crippen molar-refractivity contribution in [3.8, 4) is 0 Å². The van der Waals surface area contributed by atoms with Crippen molar-refractivity contribution in [2.24, 2.45) is 0 Å². The first-order valence-electron chi connectivity index (χ1n) is 6.40. The summed E-state index contributed by atoms with van der Waals surface area (Å²) in [5.74, 6) is -1.04. The zero-order valence-electron chi connectivity index (χ0n) is 11.7. The predicted octanol–water partition coefficient (Wildman–Crippen LogP) is 2.32. The molecule has 0 bridgehead atoms. The highest BCUT2D eigenvalue weighted by atomic mass is 32.1. The minimum Gasteiger partial charge on any atom is -0.480 e. The van der Waals surface area contributed by atoms with Gasteiger partial charge in [0.25, 0.3) is 0 Å². The van der Waals surface area contributed by atoms with E-state index in [1.54, 1.807) is 27.0 Å². The van der Waals surface area contributed by atoms with Crippen LogP contribution >= 0.6 is 11.3 Å². The van der Waals surface area contributed by atoms with Crippen LogP contribution in [0.3, 0.4) is 0 Å². The molecule has 20 heavy (non-hydrogen) atoms. The standard InChI is InChI=1S/C13H18N2O4S/c1-13(2,3)19-12(18)15-7-8(6-9(15)11(16)17)10-14-4-5-20-10/h4-5,8-9H,6-7H2,1-3H3,(H,16,17)/t8-,9-/m0/s1. The molecule has 1 aromatic rings. The fourth-order valence-corrected chi connectivity index (χ4v) is 2.95. The van der Waals surface area contributed by atoms with Gasteiger partial charge >= 0.3 is 12.1 Å². The van der Waals surface area contributed by atoms with Crippen LogP contribution in [0.5, 0.6) is 0 Å². The molecule has 0 spiro atoms. The van der Waals surface area contributed by atoms with Crippen molar-refractivity contribution in [3.63, 3.8) is 0 Å². The maximum atomic E-state index is 12.1. The molecule has 0 aliphatic carbocycles. The zero-order chi connectivity index (χ0) is 14.9. The molecule has 0 radical (unpaired) electrons. The maximum Gasteiger partial charge on any atom is 0.411 e. The summed E-state index contributed by atoms with van der Waals surface area (Å²) in [5, 5.41) is 12.0. The van der Waals surface area contributed by atoms with Crippen LogP contribution < -0.4 is 0 Å².